The van der Waals surface area contributed by atoms with Gasteiger partial charge in [0.15, 0.2) is 11.6 Å². The van der Waals surface area contributed by atoms with E-state index in [1.165, 1.54) is 11.8 Å². The van der Waals surface area contributed by atoms with E-state index in [2.05, 4.69) is 5.32 Å². The first-order chi connectivity index (χ1) is 10.6. The van der Waals surface area contributed by atoms with Crippen LogP contribution < -0.4 is 16.8 Å². The Morgan fingerprint density at radius 2 is 1.32 bits per heavy atom. The monoisotopic (exact) mass is 313 g/mol. The second-order valence-electron chi connectivity index (χ2n) is 4.90. The molecule has 6 heteroatoms. The molecule has 0 amide bonds. The number of carbonyl (C=O) groups excluding carboxylic acids is 2. The smallest absolute Gasteiger partial charge is 0.176 e. The van der Waals surface area contributed by atoms with Crippen LogP contribution in [0, 0.1) is 0 Å². The normalized spacial score (nSPS) is 12.1. The van der Waals surface area contributed by atoms with Crippen molar-refractivity contribution in [1.29, 1.82) is 0 Å². The first kappa shape index (κ1) is 14.8. The van der Waals surface area contributed by atoms with E-state index in [0.29, 0.717) is 11.1 Å². The molecule has 2 aromatic carbocycles. The summed E-state index contributed by atoms with van der Waals surface area (Å²) in [6.07, 6.45) is 0. The Balaban J connectivity index is 1.96. The largest absolute Gasteiger partial charge is 0.354 e. The van der Waals surface area contributed by atoms with E-state index in [-0.39, 0.29) is 24.7 Å². The van der Waals surface area contributed by atoms with Gasteiger partial charge in [0, 0.05) is 20.9 Å². The standard InChI is InChI=1S/C16H15N3O2S/c17-7-13(20)9-1-3-11-15(5-9)22-16-6-10(14(21)8-18)2-4-12(16)19-11/h1-6,19H,7-8,17-18H2. The number of ketones is 2. The number of Topliss-reactive ketones (excluding diaryl/α,β-unsaturated/α-hetero) is 2. The molecule has 22 heavy (non-hydrogen) atoms. The van der Waals surface area contributed by atoms with Crippen LogP contribution in [0.25, 0.3) is 0 Å². The number of carbonyl (C=O) groups is 2. The molecule has 0 radical (unpaired) electrons. The van der Waals surface area contributed by atoms with Gasteiger partial charge in [0.2, 0.25) is 0 Å². The predicted molar refractivity (Wildman–Crippen MR) is 87.1 cm³/mol. The van der Waals surface area contributed by atoms with Crippen LogP contribution in [0.3, 0.4) is 0 Å². The maximum absolute atomic E-state index is 11.7. The van der Waals surface area contributed by atoms with Gasteiger partial charge in [0.25, 0.3) is 0 Å². The van der Waals surface area contributed by atoms with Gasteiger partial charge in [-0.1, -0.05) is 11.8 Å². The second-order valence-corrected chi connectivity index (χ2v) is 5.99. The Bertz CT molecular complexity index is 710. The molecule has 0 aliphatic carbocycles. The zero-order valence-corrected chi connectivity index (χ0v) is 12.6. The van der Waals surface area contributed by atoms with Crippen LogP contribution in [-0.4, -0.2) is 24.7 Å². The summed E-state index contributed by atoms with van der Waals surface area (Å²) in [4.78, 5) is 25.3. The molecule has 0 saturated heterocycles. The number of nitrogens with two attached hydrogens (primary N) is 2. The molecule has 0 atom stereocenters. The summed E-state index contributed by atoms with van der Waals surface area (Å²) in [5.74, 6) is -0.192. The van der Waals surface area contributed by atoms with Crippen LogP contribution in [0.1, 0.15) is 20.7 Å². The quantitative estimate of drug-likeness (QED) is 0.639. The molecule has 0 unspecified atom stereocenters. The molecular formula is C16H15N3O2S. The van der Waals surface area contributed by atoms with E-state index >= 15 is 0 Å². The number of nitrogens with one attached hydrogen (secondary N) is 1. The molecule has 0 aromatic heterocycles. The fourth-order valence-corrected chi connectivity index (χ4v) is 3.33. The van der Waals surface area contributed by atoms with Crippen molar-refractivity contribution in [2.75, 3.05) is 18.4 Å². The third-order valence-corrected chi connectivity index (χ3v) is 4.58. The van der Waals surface area contributed by atoms with Crippen LogP contribution in [0.15, 0.2) is 46.2 Å². The Hall–Kier alpha value is -2.15. The minimum Gasteiger partial charge on any atom is -0.354 e. The zero-order valence-electron chi connectivity index (χ0n) is 11.8. The Morgan fingerprint density at radius 3 is 1.73 bits per heavy atom. The minimum atomic E-state index is -0.0961. The molecule has 1 aliphatic rings. The molecule has 5 nitrogen and oxygen atoms in total. The van der Waals surface area contributed by atoms with Crippen LogP contribution >= 0.6 is 11.8 Å². The third-order valence-electron chi connectivity index (χ3n) is 3.47. The van der Waals surface area contributed by atoms with Gasteiger partial charge in [-0.15, -0.1) is 0 Å². The summed E-state index contributed by atoms with van der Waals surface area (Å²) in [5, 5.41) is 3.30. The Morgan fingerprint density at radius 1 is 0.864 bits per heavy atom. The van der Waals surface area contributed by atoms with Gasteiger partial charge in [-0.2, -0.15) is 0 Å². The summed E-state index contributed by atoms with van der Waals surface area (Å²) in [7, 11) is 0. The van der Waals surface area contributed by atoms with Crippen molar-refractivity contribution in [3.05, 3.63) is 47.5 Å². The van der Waals surface area contributed by atoms with Crippen molar-refractivity contribution in [1.82, 2.24) is 0 Å². The van der Waals surface area contributed by atoms with Crippen LogP contribution in [-0.2, 0) is 0 Å². The van der Waals surface area contributed by atoms with Crippen molar-refractivity contribution < 1.29 is 9.59 Å². The lowest BCUT2D eigenvalue weighted by atomic mass is 10.1. The molecule has 1 heterocycles. The summed E-state index contributed by atoms with van der Waals surface area (Å²) >= 11 is 1.52. The molecule has 0 bridgehead atoms. The fraction of sp³-hybridized carbons (Fsp3) is 0.125. The lowest BCUT2D eigenvalue weighted by Gasteiger charge is -2.21. The van der Waals surface area contributed by atoms with E-state index in [4.69, 9.17) is 11.5 Å². The van der Waals surface area contributed by atoms with E-state index < -0.39 is 0 Å². The molecule has 2 aromatic rings. The topological polar surface area (TPSA) is 98.2 Å². The summed E-state index contributed by atoms with van der Waals surface area (Å²) in [6, 6.07) is 10.9. The van der Waals surface area contributed by atoms with Crippen LogP contribution in [0.4, 0.5) is 11.4 Å². The number of hydrogen-bond donors (Lipinski definition) is 3. The summed E-state index contributed by atoms with van der Waals surface area (Å²) in [5.41, 5.74) is 13.9. The average Bonchev–Trinajstić information content (AvgIpc) is 2.57. The molecule has 5 N–H and O–H groups in total. The van der Waals surface area contributed by atoms with Gasteiger partial charge in [-0.3, -0.25) is 9.59 Å². The molecule has 112 valence electrons. The van der Waals surface area contributed by atoms with Crippen molar-refractivity contribution in [3.8, 4) is 0 Å². The maximum Gasteiger partial charge on any atom is 0.176 e. The van der Waals surface area contributed by atoms with Crippen LogP contribution in [0.5, 0.6) is 0 Å². The van der Waals surface area contributed by atoms with Crippen molar-refractivity contribution in [2.45, 2.75) is 9.79 Å². The van der Waals surface area contributed by atoms with Gasteiger partial charge in [-0.05, 0) is 36.4 Å². The maximum atomic E-state index is 11.7. The molecule has 3 rings (SSSR count). The summed E-state index contributed by atoms with van der Waals surface area (Å²) in [6.45, 7) is -0.0226. The fourth-order valence-electron chi connectivity index (χ4n) is 2.27. The first-order valence-corrected chi connectivity index (χ1v) is 7.63. The number of anilines is 2. The van der Waals surface area contributed by atoms with E-state index in [9.17, 15) is 9.59 Å². The molecule has 0 saturated carbocycles. The Labute approximate surface area is 132 Å². The van der Waals surface area contributed by atoms with Crippen molar-refractivity contribution in [3.63, 3.8) is 0 Å². The SMILES string of the molecule is NCC(=O)c1ccc2c(c1)Sc1cc(C(=O)CN)ccc1N2. The van der Waals surface area contributed by atoms with E-state index in [0.717, 1.165) is 21.2 Å². The lowest BCUT2D eigenvalue weighted by molar-refractivity contribution is 0.0993. The minimum absolute atomic E-state index is 0.0113. The highest BCUT2D eigenvalue weighted by Gasteiger charge is 2.18. The molecule has 0 fully saturated rings. The van der Waals surface area contributed by atoms with Crippen molar-refractivity contribution >= 4 is 34.7 Å². The number of fused-ring (bicyclic) bond motifs is 2. The van der Waals surface area contributed by atoms with Gasteiger partial charge in [0.05, 0.1) is 24.5 Å². The molecular weight excluding hydrogens is 298 g/mol. The van der Waals surface area contributed by atoms with Gasteiger partial charge in [-0.25, -0.2) is 0 Å². The molecule has 0 spiro atoms. The highest BCUT2D eigenvalue weighted by atomic mass is 32.2. The van der Waals surface area contributed by atoms with Gasteiger partial charge in [0.1, 0.15) is 0 Å². The highest BCUT2D eigenvalue weighted by molar-refractivity contribution is 7.99. The lowest BCUT2D eigenvalue weighted by Crippen LogP contribution is -2.14. The zero-order chi connectivity index (χ0) is 15.7. The highest BCUT2D eigenvalue weighted by Crippen LogP contribution is 2.44. The van der Waals surface area contributed by atoms with Gasteiger partial charge >= 0.3 is 0 Å². The second kappa shape index (κ2) is 5.92. The van der Waals surface area contributed by atoms with Gasteiger partial charge < -0.3 is 16.8 Å². The van der Waals surface area contributed by atoms with E-state index in [1.54, 1.807) is 12.1 Å². The Kier molecular flexibility index (Phi) is 3.98. The van der Waals surface area contributed by atoms with E-state index in [1.807, 2.05) is 24.3 Å². The van der Waals surface area contributed by atoms with Crippen LogP contribution in [0.2, 0.25) is 0 Å². The first-order valence-electron chi connectivity index (χ1n) is 6.82. The predicted octanol–water partition coefficient (Wildman–Crippen LogP) is 2.18. The number of hydrogen-bond acceptors (Lipinski definition) is 6. The average molecular weight is 313 g/mol. The van der Waals surface area contributed by atoms with Crippen molar-refractivity contribution in [2.24, 2.45) is 11.5 Å². The number of benzene rings is 2. The summed E-state index contributed by atoms with van der Waals surface area (Å²) < 4.78 is 0. The third kappa shape index (κ3) is 2.64. The molecule has 1 aliphatic heterocycles. The number of rotatable bonds is 4.